The highest BCUT2D eigenvalue weighted by Crippen LogP contribution is 2.04. The summed E-state index contributed by atoms with van der Waals surface area (Å²) in [7, 11) is 0. The average Bonchev–Trinajstić information content (AvgIpc) is 1.85. The SMILES string of the molecule is Cc1cc(C(N)O)nc(C)n1. The Morgan fingerprint density at radius 1 is 1.45 bits per heavy atom. The summed E-state index contributed by atoms with van der Waals surface area (Å²) in [5.74, 6) is 0.629. The van der Waals surface area contributed by atoms with E-state index in [2.05, 4.69) is 9.97 Å². The molecule has 1 aromatic heterocycles. The summed E-state index contributed by atoms with van der Waals surface area (Å²) >= 11 is 0. The van der Waals surface area contributed by atoms with E-state index in [4.69, 9.17) is 10.8 Å². The lowest BCUT2D eigenvalue weighted by molar-refractivity contribution is 0.181. The van der Waals surface area contributed by atoms with Crippen LogP contribution in [0.1, 0.15) is 23.4 Å². The lowest BCUT2D eigenvalue weighted by atomic mass is 10.3. The summed E-state index contributed by atoms with van der Waals surface area (Å²) in [5, 5.41) is 8.96. The largest absolute Gasteiger partial charge is 0.373 e. The van der Waals surface area contributed by atoms with Crippen molar-refractivity contribution in [1.29, 1.82) is 0 Å². The van der Waals surface area contributed by atoms with Crippen LogP contribution in [0.4, 0.5) is 0 Å². The minimum Gasteiger partial charge on any atom is -0.373 e. The van der Waals surface area contributed by atoms with E-state index in [9.17, 15) is 0 Å². The summed E-state index contributed by atoms with van der Waals surface area (Å²) in [4.78, 5) is 7.99. The monoisotopic (exact) mass is 153 g/mol. The fraction of sp³-hybridized carbons (Fsp3) is 0.429. The smallest absolute Gasteiger partial charge is 0.145 e. The molecule has 0 spiro atoms. The van der Waals surface area contributed by atoms with Crippen molar-refractivity contribution in [2.45, 2.75) is 20.1 Å². The van der Waals surface area contributed by atoms with E-state index in [1.165, 1.54) is 0 Å². The number of aryl methyl sites for hydroxylation is 2. The first kappa shape index (κ1) is 8.10. The molecule has 0 fully saturated rings. The molecule has 0 radical (unpaired) electrons. The Morgan fingerprint density at radius 3 is 2.55 bits per heavy atom. The third-order valence-corrected chi connectivity index (χ3v) is 1.29. The highest BCUT2D eigenvalue weighted by molar-refractivity contribution is 5.10. The molecular weight excluding hydrogens is 142 g/mol. The van der Waals surface area contributed by atoms with Gasteiger partial charge in [-0.1, -0.05) is 0 Å². The molecule has 0 aliphatic carbocycles. The molecule has 0 saturated heterocycles. The summed E-state index contributed by atoms with van der Waals surface area (Å²) in [6.07, 6.45) is -1.00. The van der Waals surface area contributed by atoms with Crippen LogP contribution < -0.4 is 5.73 Å². The van der Waals surface area contributed by atoms with Crippen molar-refractivity contribution in [2.24, 2.45) is 5.73 Å². The molecule has 4 heteroatoms. The van der Waals surface area contributed by atoms with Gasteiger partial charge >= 0.3 is 0 Å². The molecule has 11 heavy (non-hydrogen) atoms. The Morgan fingerprint density at radius 2 is 2.09 bits per heavy atom. The van der Waals surface area contributed by atoms with Gasteiger partial charge in [0, 0.05) is 5.69 Å². The van der Waals surface area contributed by atoms with Crippen molar-refractivity contribution < 1.29 is 5.11 Å². The molecule has 1 heterocycles. The molecule has 3 N–H and O–H groups in total. The maximum atomic E-state index is 8.96. The molecule has 0 aromatic carbocycles. The van der Waals surface area contributed by atoms with Crippen molar-refractivity contribution in [3.63, 3.8) is 0 Å². The fourth-order valence-corrected chi connectivity index (χ4v) is 0.897. The predicted molar refractivity (Wildman–Crippen MR) is 40.7 cm³/mol. The molecular formula is C7H11N3O. The molecule has 1 unspecified atom stereocenters. The van der Waals surface area contributed by atoms with Crippen LogP contribution in [0.15, 0.2) is 6.07 Å². The minimum absolute atomic E-state index is 0.468. The molecule has 0 amide bonds. The number of hydrogen-bond acceptors (Lipinski definition) is 4. The van der Waals surface area contributed by atoms with Crippen LogP contribution in [0.2, 0.25) is 0 Å². The molecule has 1 aromatic rings. The maximum absolute atomic E-state index is 8.96. The molecule has 4 nitrogen and oxygen atoms in total. The number of aromatic nitrogens is 2. The fourth-order valence-electron chi connectivity index (χ4n) is 0.897. The number of aliphatic hydroxyl groups is 1. The molecule has 0 saturated carbocycles. The quantitative estimate of drug-likeness (QED) is 0.559. The van der Waals surface area contributed by atoms with Crippen molar-refractivity contribution >= 4 is 0 Å². The van der Waals surface area contributed by atoms with Crippen LogP contribution in [-0.4, -0.2) is 15.1 Å². The highest BCUT2D eigenvalue weighted by atomic mass is 16.3. The second-order valence-corrected chi connectivity index (χ2v) is 2.43. The van der Waals surface area contributed by atoms with Crippen LogP contribution >= 0.6 is 0 Å². The predicted octanol–water partition coefficient (Wildman–Crippen LogP) is 0.0430. The first-order chi connectivity index (χ1) is 5.09. The zero-order chi connectivity index (χ0) is 8.43. The zero-order valence-electron chi connectivity index (χ0n) is 6.57. The molecule has 0 bridgehead atoms. The normalized spacial score (nSPS) is 13.1. The van der Waals surface area contributed by atoms with Gasteiger partial charge in [0.15, 0.2) is 0 Å². The Kier molecular flexibility index (Phi) is 2.16. The second kappa shape index (κ2) is 2.94. The molecule has 0 aliphatic heterocycles. The van der Waals surface area contributed by atoms with Gasteiger partial charge < -0.3 is 10.8 Å². The van der Waals surface area contributed by atoms with Crippen molar-refractivity contribution in [3.05, 3.63) is 23.3 Å². The van der Waals surface area contributed by atoms with Crippen molar-refractivity contribution in [3.8, 4) is 0 Å². The third-order valence-electron chi connectivity index (χ3n) is 1.29. The highest BCUT2D eigenvalue weighted by Gasteiger charge is 2.03. The van der Waals surface area contributed by atoms with Crippen LogP contribution in [0.3, 0.4) is 0 Å². The van der Waals surface area contributed by atoms with Gasteiger partial charge in [0.25, 0.3) is 0 Å². The van der Waals surface area contributed by atoms with E-state index in [1.54, 1.807) is 13.0 Å². The van der Waals surface area contributed by atoms with E-state index in [0.717, 1.165) is 5.69 Å². The summed E-state index contributed by atoms with van der Waals surface area (Å²) in [6, 6.07) is 1.66. The van der Waals surface area contributed by atoms with E-state index >= 15 is 0 Å². The Bertz CT molecular complexity index is 240. The number of rotatable bonds is 1. The van der Waals surface area contributed by atoms with Crippen LogP contribution in [0, 0.1) is 13.8 Å². The number of nitrogens with two attached hydrogens (primary N) is 1. The van der Waals surface area contributed by atoms with Gasteiger partial charge in [-0.25, -0.2) is 9.97 Å². The molecule has 1 atom stereocenters. The first-order valence-electron chi connectivity index (χ1n) is 3.35. The minimum atomic E-state index is -1.00. The Labute approximate surface area is 65.1 Å². The van der Waals surface area contributed by atoms with Gasteiger partial charge in [0.05, 0.1) is 5.69 Å². The summed E-state index contributed by atoms with van der Waals surface area (Å²) in [5.41, 5.74) is 6.50. The molecule has 60 valence electrons. The maximum Gasteiger partial charge on any atom is 0.145 e. The number of aliphatic hydroxyl groups excluding tert-OH is 1. The standard InChI is InChI=1S/C7H11N3O/c1-4-3-6(7(8)11)10-5(2)9-4/h3,7,11H,8H2,1-2H3. The third kappa shape index (κ3) is 1.96. The van der Waals surface area contributed by atoms with Gasteiger partial charge in [0.1, 0.15) is 12.1 Å². The lowest BCUT2D eigenvalue weighted by Crippen LogP contribution is -2.12. The summed E-state index contributed by atoms with van der Waals surface area (Å²) in [6.45, 7) is 3.60. The van der Waals surface area contributed by atoms with Crippen LogP contribution in [0.25, 0.3) is 0 Å². The van der Waals surface area contributed by atoms with Crippen molar-refractivity contribution in [2.75, 3.05) is 0 Å². The topological polar surface area (TPSA) is 72.0 Å². The van der Waals surface area contributed by atoms with Gasteiger partial charge in [-0.2, -0.15) is 0 Å². The number of nitrogens with zero attached hydrogens (tertiary/aromatic N) is 2. The first-order valence-corrected chi connectivity index (χ1v) is 3.35. The van der Waals surface area contributed by atoms with E-state index < -0.39 is 6.23 Å². The van der Waals surface area contributed by atoms with E-state index in [0.29, 0.717) is 11.5 Å². The zero-order valence-corrected chi connectivity index (χ0v) is 6.57. The lowest BCUT2D eigenvalue weighted by Gasteiger charge is -2.04. The van der Waals surface area contributed by atoms with Gasteiger partial charge in [-0.05, 0) is 19.9 Å². The average molecular weight is 153 g/mol. The van der Waals surface area contributed by atoms with Crippen LogP contribution in [-0.2, 0) is 0 Å². The second-order valence-electron chi connectivity index (χ2n) is 2.43. The van der Waals surface area contributed by atoms with Crippen LogP contribution in [0.5, 0.6) is 0 Å². The summed E-state index contributed by atoms with van der Waals surface area (Å²) < 4.78 is 0. The number of hydrogen-bond donors (Lipinski definition) is 2. The van der Waals surface area contributed by atoms with E-state index in [-0.39, 0.29) is 0 Å². The molecule has 0 aliphatic rings. The Hall–Kier alpha value is -1.00. The van der Waals surface area contributed by atoms with Gasteiger partial charge in [-0.3, -0.25) is 0 Å². The van der Waals surface area contributed by atoms with E-state index in [1.807, 2.05) is 6.92 Å². The van der Waals surface area contributed by atoms with Gasteiger partial charge in [-0.15, -0.1) is 0 Å². The van der Waals surface area contributed by atoms with Gasteiger partial charge in [0.2, 0.25) is 0 Å². The Balaban J connectivity index is 3.08. The van der Waals surface area contributed by atoms with Crippen molar-refractivity contribution in [1.82, 2.24) is 9.97 Å². The molecule has 1 rings (SSSR count).